The lowest BCUT2D eigenvalue weighted by Crippen LogP contribution is -1.86. The summed E-state index contributed by atoms with van der Waals surface area (Å²) in [4.78, 5) is 0. The Labute approximate surface area is 81.3 Å². The van der Waals surface area contributed by atoms with Crippen LogP contribution in [0, 0.1) is 13.8 Å². The fraction of sp³-hybridized carbons (Fsp3) is 0.385. The lowest BCUT2D eigenvalue weighted by atomic mass is 9.99. The van der Waals surface area contributed by atoms with Crippen LogP contribution in [0.3, 0.4) is 0 Å². The summed E-state index contributed by atoms with van der Waals surface area (Å²) in [7, 11) is 0. The molecule has 0 aliphatic carbocycles. The SMILES string of the molecule is C/C=C(\CC)c1ccc(C)c(C)c1. The molecule has 1 aromatic carbocycles. The minimum atomic E-state index is 1.11. The number of rotatable bonds is 2. The summed E-state index contributed by atoms with van der Waals surface area (Å²) >= 11 is 0. The van der Waals surface area contributed by atoms with Gasteiger partial charge in [-0.25, -0.2) is 0 Å². The fourth-order valence-corrected chi connectivity index (χ4v) is 1.52. The van der Waals surface area contributed by atoms with Gasteiger partial charge >= 0.3 is 0 Å². The van der Waals surface area contributed by atoms with E-state index in [2.05, 4.69) is 52.0 Å². The van der Waals surface area contributed by atoms with Gasteiger partial charge in [0.1, 0.15) is 0 Å². The maximum atomic E-state index is 2.27. The quantitative estimate of drug-likeness (QED) is 0.632. The molecule has 0 unspecified atom stereocenters. The maximum absolute atomic E-state index is 2.27. The van der Waals surface area contributed by atoms with Gasteiger partial charge in [-0.3, -0.25) is 0 Å². The summed E-state index contributed by atoms with van der Waals surface area (Å²) < 4.78 is 0. The van der Waals surface area contributed by atoms with Gasteiger partial charge in [-0.2, -0.15) is 0 Å². The molecule has 0 atom stereocenters. The molecule has 0 radical (unpaired) electrons. The minimum absolute atomic E-state index is 1.11. The van der Waals surface area contributed by atoms with Crippen molar-refractivity contribution >= 4 is 5.57 Å². The Balaban J connectivity index is 3.10. The molecule has 70 valence electrons. The average Bonchev–Trinajstić information content (AvgIpc) is 2.13. The second-order valence-corrected chi connectivity index (χ2v) is 3.47. The third-order valence-electron chi connectivity index (χ3n) is 2.61. The first-order chi connectivity index (χ1) is 6.19. The second-order valence-electron chi connectivity index (χ2n) is 3.47. The Bertz CT molecular complexity index is 319. The van der Waals surface area contributed by atoms with Gasteiger partial charge in [0, 0.05) is 0 Å². The third-order valence-corrected chi connectivity index (χ3v) is 2.61. The number of allylic oxidation sites excluding steroid dienone is 2. The first kappa shape index (κ1) is 10.0. The van der Waals surface area contributed by atoms with Crippen molar-refractivity contribution in [3.05, 3.63) is 41.0 Å². The van der Waals surface area contributed by atoms with E-state index in [-0.39, 0.29) is 0 Å². The van der Waals surface area contributed by atoms with Crippen LogP contribution in [0.5, 0.6) is 0 Å². The molecule has 1 rings (SSSR count). The number of hydrogen-bond acceptors (Lipinski definition) is 0. The predicted octanol–water partition coefficient (Wildman–Crippen LogP) is 4.12. The highest BCUT2D eigenvalue weighted by atomic mass is 14.0. The molecular formula is C13H18. The van der Waals surface area contributed by atoms with Crippen LogP contribution in [-0.4, -0.2) is 0 Å². The highest BCUT2D eigenvalue weighted by Gasteiger charge is 1.99. The molecule has 0 heteroatoms. The van der Waals surface area contributed by atoms with Crippen LogP contribution in [0.4, 0.5) is 0 Å². The van der Waals surface area contributed by atoms with Gasteiger partial charge in [0.15, 0.2) is 0 Å². The number of aryl methyl sites for hydroxylation is 2. The molecule has 0 amide bonds. The Morgan fingerprint density at radius 1 is 1.23 bits per heavy atom. The monoisotopic (exact) mass is 174 g/mol. The van der Waals surface area contributed by atoms with Gasteiger partial charge in [0.25, 0.3) is 0 Å². The minimum Gasteiger partial charge on any atom is -0.0839 e. The molecule has 0 N–H and O–H groups in total. The molecular weight excluding hydrogens is 156 g/mol. The van der Waals surface area contributed by atoms with Gasteiger partial charge < -0.3 is 0 Å². The highest BCUT2D eigenvalue weighted by Crippen LogP contribution is 2.20. The van der Waals surface area contributed by atoms with Crippen LogP contribution in [0.25, 0.3) is 5.57 Å². The number of hydrogen-bond donors (Lipinski definition) is 0. The summed E-state index contributed by atoms with van der Waals surface area (Å²) in [6, 6.07) is 6.68. The van der Waals surface area contributed by atoms with Crippen LogP contribution in [-0.2, 0) is 0 Å². The van der Waals surface area contributed by atoms with E-state index in [1.807, 2.05) is 0 Å². The zero-order valence-electron chi connectivity index (χ0n) is 9.02. The van der Waals surface area contributed by atoms with E-state index in [4.69, 9.17) is 0 Å². The van der Waals surface area contributed by atoms with Crippen molar-refractivity contribution in [3.8, 4) is 0 Å². The summed E-state index contributed by atoms with van der Waals surface area (Å²) in [6.45, 7) is 8.63. The van der Waals surface area contributed by atoms with Crippen molar-refractivity contribution in [1.29, 1.82) is 0 Å². The van der Waals surface area contributed by atoms with Crippen LogP contribution in [0.1, 0.15) is 37.0 Å². The van der Waals surface area contributed by atoms with Crippen molar-refractivity contribution in [2.24, 2.45) is 0 Å². The van der Waals surface area contributed by atoms with E-state index in [0.717, 1.165) is 6.42 Å². The molecule has 0 aliphatic rings. The normalized spacial score (nSPS) is 11.8. The summed E-state index contributed by atoms with van der Waals surface area (Å²) in [5, 5.41) is 0. The predicted molar refractivity (Wildman–Crippen MR) is 59.9 cm³/mol. The standard InChI is InChI=1S/C13H18/c1-5-12(6-2)13-8-7-10(3)11(4)9-13/h5,7-9H,6H2,1-4H3/b12-5+. The Kier molecular flexibility index (Phi) is 3.30. The van der Waals surface area contributed by atoms with Gasteiger partial charge in [0.2, 0.25) is 0 Å². The van der Waals surface area contributed by atoms with Gasteiger partial charge in [-0.1, -0.05) is 31.2 Å². The smallest absolute Gasteiger partial charge is 0.0225 e. The zero-order chi connectivity index (χ0) is 9.84. The lowest BCUT2D eigenvalue weighted by molar-refractivity contribution is 1.22. The largest absolute Gasteiger partial charge is 0.0839 e. The maximum Gasteiger partial charge on any atom is -0.0225 e. The van der Waals surface area contributed by atoms with Crippen LogP contribution < -0.4 is 0 Å². The lowest BCUT2D eigenvalue weighted by Gasteiger charge is -2.07. The van der Waals surface area contributed by atoms with Crippen molar-refractivity contribution in [2.45, 2.75) is 34.1 Å². The van der Waals surface area contributed by atoms with Gasteiger partial charge in [-0.05, 0) is 49.5 Å². The van der Waals surface area contributed by atoms with E-state index >= 15 is 0 Å². The molecule has 0 saturated carbocycles. The van der Waals surface area contributed by atoms with E-state index in [1.165, 1.54) is 22.3 Å². The molecule has 0 heterocycles. The Morgan fingerprint density at radius 3 is 2.38 bits per heavy atom. The first-order valence-corrected chi connectivity index (χ1v) is 4.91. The molecule has 0 aromatic heterocycles. The molecule has 0 aliphatic heterocycles. The van der Waals surface area contributed by atoms with Crippen molar-refractivity contribution in [3.63, 3.8) is 0 Å². The third kappa shape index (κ3) is 2.21. The Hall–Kier alpha value is -1.04. The van der Waals surface area contributed by atoms with Crippen LogP contribution in [0.2, 0.25) is 0 Å². The van der Waals surface area contributed by atoms with Crippen molar-refractivity contribution < 1.29 is 0 Å². The van der Waals surface area contributed by atoms with Crippen LogP contribution in [0.15, 0.2) is 24.3 Å². The average molecular weight is 174 g/mol. The number of benzene rings is 1. The molecule has 0 fully saturated rings. The summed E-state index contributed by atoms with van der Waals surface area (Å²) in [6.07, 6.45) is 3.31. The van der Waals surface area contributed by atoms with Crippen molar-refractivity contribution in [1.82, 2.24) is 0 Å². The van der Waals surface area contributed by atoms with E-state index in [0.29, 0.717) is 0 Å². The van der Waals surface area contributed by atoms with E-state index < -0.39 is 0 Å². The highest BCUT2D eigenvalue weighted by molar-refractivity contribution is 5.65. The molecule has 13 heavy (non-hydrogen) atoms. The molecule has 1 aromatic rings. The topological polar surface area (TPSA) is 0 Å². The fourth-order valence-electron chi connectivity index (χ4n) is 1.52. The van der Waals surface area contributed by atoms with Gasteiger partial charge in [-0.15, -0.1) is 0 Å². The molecule has 0 spiro atoms. The zero-order valence-corrected chi connectivity index (χ0v) is 9.02. The van der Waals surface area contributed by atoms with Crippen molar-refractivity contribution in [2.75, 3.05) is 0 Å². The first-order valence-electron chi connectivity index (χ1n) is 4.91. The van der Waals surface area contributed by atoms with E-state index in [1.54, 1.807) is 0 Å². The second kappa shape index (κ2) is 4.27. The summed E-state index contributed by atoms with van der Waals surface area (Å²) in [5.41, 5.74) is 5.55. The molecule has 0 saturated heterocycles. The van der Waals surface area contributed by atoms with Crippen LogP contribution >= 0.6 is 0 Å². The molecule has 0 nitrogen and oxygen atoms in total. The summed E-state index contributed by atoms with van der Waals surface area (Å²) in [5.74, 6) is 0. The molecule has 0 bridgehead atoms. The van der Waals surface area contributed by atoms with E-state index in [9.17, 15) is 0 Å². The Morgan fingerprint density at radius 2 is 1.92 bits per heavy atom. The van der Waals surface area contributed by atoms with Gasteiger partial charge in [0.05, 0.1) is 0 Å².